The summed E-state index contributed by atoms with van der Waals surface area (Å²) in [4.78, 5) is 21.7. The number of para-hydroxylation sites is 1. The molecule has 1 N–H and O–H groups in total. The van der Waals surface area contributed by atoms with Crippen LogP contribution in [0.3, 0.4) is 0 Å². The van der Waals surface area contributed by atoms with Gasteiger partial charge in [-0.2, -0.15) is 13.2 Å². The SMILES string of the molecule is O=c1[nH]c(CN2CCN(c3ccc(F)cc3S(=O)(=O)C(F)(F)F)CC2)nc2ccccc12. The van der Waals surface area contributed by atoms with E-state index in [9.17, 15) is 30.8 Å². The minimum Gasteiger partial charge on any atom is -0.368 e. The zero-order valence-corrected chi connectivity index (χ0v) is 17.4. The van der Waals surface area contributed by atoms with Crippen molar-refractivity contribution in [2.45, 2.75) is 16.9 Å². The topological polar surface area (TPSA) is 86.4 Å². The quantitative estimate of drug-likeness (QED) is 0.591. The lowest BCUT2D eigenvalue weighted by Gasteiger charge is -2.36. The van der Waals surface area contributed by atoms with Crippen LogP contribution in [0.15, 0.2) is 52.2 Å². The summed E-state index contributed by atoms with van der Waals surface area (Å²) in [6.45, 7) is 1.48. The number of benzene rings is 2. The van der Waals surface area contributed by atoms with Crippen LogP contribution in [-0.2, 0) is 16.4 Å². The number of nitrogens with zero attached hydrogens (tertiary/aromatic N) is 3. The Bertz CT molecular complexity index is 1320. The number of halogens is 4. The molecule has 0 spiro atoms. The van der Waals surface area contributed by atoms with Crippen LogP contribution in [0.4, 0.5) is 23.2 Å². The van der Waals surface area contributed by atoms with Gasteiger partial charge in [-0.15, -0.1) is 0 Å². The maximum absolute atomic E-state index is 13.6. The van der Waals surface area contributed by atoms with Crippen molar-refractivity contribution in [3.8, 4) is 0 Å². The lowest BCUT2D eigenvalue weighted by atomic mass is 10.2. The molecule has 2 heterocycles. The lowest BCUT2D eigenvalue weighted by Crippen LogP contribution is -2.46. The second kappa shape index (κ2) is 8.17. The molecule has 0 aliphatic carbocycles. The van der Waals surface area contributed by atoms with E-state index >= 15 is 0 Å². The number of alkyl halides is 3. The molecule has 4 rings (SSSR count). The van der Waals surface area contributed by atoms with E-state index in [1.54, 1.807) is 24.3 Å². The van der Waals surface area contributed by atoms with Gasteiger partial charge in [-0.05, 0) is 30.3 Å². The largest absolute Gasteiger partial charge is 0.501 e. The molecule has 32 heavy (non-hydrogen) atoms. The third-order valence-electron chi connectivity index (χ3n) is 5.26. The lowest BCUT2D eigenvalue weighted by molar-refractivity contribution is -0.0435. The minimum atomic E-state index is -5.71. The molecule has 0 atom stereocenters. The van der Waals surface area contributed by atoms with Crippen LogP contribution in [0.1, 0.15) is 5.82 Å². The molecule has 1 aliphatic rings. The summed E-state index contributed by atoms with van der Waals surface area (Å²) in [5.41, 5.74) is -5.44. The summed E-state index contributed by atoms with van der Waals surface area (Å²) in [7, 11) is -5.71. The van der Waals surface area contributed by atoms with E-state index in [1.165, 1.54) is 4.90 Å². The van der Waals surface area contributed by atoms with Crippen LogP contribution in [0, 0.1) is 5.82 Å². The fraction of sp³-hybridized carbons (Fsp3) is 0.300. The summed E-state index contributed by atoms with van der Waals surface area (Å²) in [5.74, 6) is -0.620. The van der Waals surface area contributed by atoms with Gasteiger partial charge in [0.05, 0.1) is 23.1 Å². The van der Waals surface area contributed by atoms with Gasteiger partial charge < -0.3 is 9.88 Å². The number of fused-ring (bicyclic) bond motifs is 1. The number of hydrogen-bond donors (Lipinski definition) is 1. The first-order valence-corrected chi connectivity index (χ1v) is 11.1. The van der Waals surface area contributed by atoms with Crippen LogP contribution >= 0.6 is 0 Å². The second-order valence-electron chi connectivity index (χ2n) is 7.35. The van der Waals surface area contributed by atoms with E-state index < -0.39 is 26.1 Å². The Morgan fingerprint density at radius 2 is 1.72 bits per heavy atom. The van der Waals surface area contributed by atoms with E-state index in [1.807, 2.05) is 4.90 Å². The summed E-state index contributed by atoms with van der Waals surface area (Å²) >= 11 is 0. The molecule has 0 amide bonds. The molecule has 1 aromatic heterocycles. The fourth-order valence-corrected chi connectivity index (χ4v) is 4.65. The highest BCUT2D eigenvalue weighted by atomic mass is 32.2. The average molecular weight is 470 g/mol. The van der Waals surface area contributed by atoms with Crippen molar-refractivity contribution in [3.63, 3.8) is 0 Å². The number of nitrogens with one attached hydrogen (secondary N) is 1. The van der Waals surface area contributed by atoms with Gasteiger partial charge in [-0.1, -0.05) is 12.1 Å². The van der Waals surface area contributed by atoms with Gasteiger partial charge in [-0.25, -0.2) is 17.8 Å². The predicted octanol–water partition coefficient (Wildman–Crippen LogP) is 2.68. The molecule has 2 aromatic carbocycles. The number of aromatic amines is 1. The number of H-pyrrole nitrogens is 1. The monoisotopic (exact) mass is 470 g/mol. The van der Waals surface area contributed by atoms with Gasteiger partial charge in [0.15, 0.2) is 0 Å². The molecule has 3 aromatic rings. The van der Waals surface area contributed by atoms with Gasteiger partial charge in [0.2, 0.25) is 0 Å². The van der Waals surface area contributed by atoms with Crippen LogP contribution in [-0.4, -0.2) is 55.0 Å². The van der Waals surface area contributed by atoms with Crippen LogP contribution in [0.2, 0.25) is 0 Å². The van der Waals surface area contributed by atoms with Crippen molar-refractivity contribution >= 4 is 26.4 Å². The smallest absolute Gasteiger partial charge is 0.368 e. The van der Waals surface area contributed by atoms with Crippen molar-refractivity contribution in [1.82, 2.24) is 14.9 Å². The molecular weight excluding hydrogens is 452 g/mol. The van der Waals surface area contributed by atoms with E-state index in [4.69, 9.17) is 0 Å². The molecule has 12 heteroatoms. The maximum atomic E-state index is 13.6. The number of anilines is 1. The van der Waals surface area contributed by atoms with E-state index in [0.717, 1.165) is 12.1 Å². The molecular formula is C20H18F4N4O3S. The number of aromatic nitrogens is 2. The fourth-order valence-electron chi connectivity index (χ4n) is 3.66. The molecule has 1 aliphatic heterocycles. The van der Waals surface area contributed by atoms with Gasteiger partial charge >= 0.3 is 5.51 Å². The highest BCUT2D eigenvalue weighted by Gasteiger charge is 2.48. The summed E-state index contributed by atoms with van der Waals surface area (Å²) in [6.07, 6.45) is 0. The summed E-state index contributed by atoms with van der Waals surface area (Å²) in [5, 5.41) is 0.468. The zero-order chi connectivity index (χ0) is 23.1. The van der Waals surface area contributed by atoms with Crippen molar-refractivity contribution in [3.05, 3.63) is 64.5 Å². The number of sulfone groups is 1. The summed E-state index contributed by atoms with van der Waals surface area (Å²) < 4.78 is 76.7. The first-order chi connectivity index (χ1) is 15.1. The Kier molecular flexibility index (Phi) is 5.67. The predicted molar refractivity (Wildman–Crippen MR) is 109 cm³/mol. The average Bonchev–Trinajstić information content (AvgIpc) is 2.74. The number of hydrogen-bond acceptors (Lipinski definition) is 6. The van der Waals surface area contributed by atoms with Gasteiger partial charge in [0, 0.05) is 26.2 Å². The summed E-state index contributed by atoms with van der Waals surface area (Å²) in [6, 6.07) is 9.27. The molecule has 1 fully saturated rings. The molecule has 0 radical (unpaired) electrons. The van der Waals surface area contributed by atoms with E-state index in [2.05, 4.69) is 9.97 Å². The Balaban J connectivity index is 1.52. The van der Waals surface area contributed by atoms with E-state index in [0.29, 0.717) is 42.4 Å². The molecule has 0 bridgehead atoms. The normalized spacial score (nSPS) is 15.9. The molecule has 170 valence electrons. The van der Waals surface area contributed by atoms with Gasteiger partial charge in [0.25, 0.3) is 15.4 Å². The number of piperazine rings is 1. The Morgan fingerprint density at radius 1 is 1.03 bits per heavy atom. The van der Waals surface area contributed by atoms with Gasteiger partial charge in [-0.3, -0.25) is 9.69 Å². The first-order valence-electron chi connectivity index (χ1n) is 9.62. The van der Waals surface area contributed by atoms with Crippen molar-refractivity contribution in [2.24, 2.45) is 0 Å². The number of rotatable bonds is 4. The standard InChI is InChI=1S/C20H18F4N4O3S/c21-13-5-6-16(17(11-13)32(30,31)20(22,23)24)28-9-7-27(8-10-28)12-18-25-15-4-2-1-3-14(15)19(29)26-18/h1-6,11H,7-10,12H2,(H,25,26,29). The molecule has 7 nitrogen and oxygen atoms in total. The second-order valence-corrected chi connectivity index (χ2v) is 9.26. The molecule has 0 saturated carbocycles. The van der Waals surface area contributed by atoms with Crippen molar-refractivity contribution in [1.29, 1.82) is 0 Å². The van der Waals surface area contributed by atoms with Crippen LogP contribution in [0.5, 0.6) is 0 Å². The third-order valence-corrected chi connectivity index (χ3v) is 6.78. The third kappa shape index (κ3) is 4.19. The van der Waals surface area contributed by atoms with Crippen molar-refractivity contribution in [2.75, 3.05) is 31.1 Å². The van der Waals surface area contributed by atoms with E-state index in [-0.39, 0.29) is 24.3 Å². The molecule has 0 unspecified atom stereocenters. The highest BCUT2D eigenvalue weighted by molar-refractivity contribution is 7.92. The first kappa shape index (κ1) is 22.2. The van der Waals surface area contributed by atoms with Crippen LogP contribution in [0.25, 0.3) is 10.9 Å². The Hall–Kier alpha value is -2.99. The van der Waals surface area contributed by atoms with Crippen LogP contribution < -0.4 is 10.5 Å². The minimum absolute atomic E-state index is 0.194. The maximum Gasteiger partial charge on any atom is 0.501 e. The zero-order valence-electron chi connectivity index (χ0n) is 16.6. The Morgan fingerprint density at radius 3 is 2.41 bits per heavy atom. The highest BCUT2D eigenvalue weighted by Crippen LogP contribution is 2.36. The molecule has 1 saturated heterocycles. The van der Waals surface area contributed by atoms with Gasteiger partial charge in [0.1, 0.15) is 16.5 Å². The Labute approximate surface area is 180 Å². The van der Waals surface area contributed by atoms with Crippen molar-refractivity contribution < 1.29 is 26.0 Å².